The summed E-state index contributed by atoms with van der Waals surface area (Å²) in [6.45, 7) is 18.9. The first kappa shape index (κ1) is 44.7. The molecular formula is C44H57NO9S2Si. The van der Waals surface area contributed by atoms with Crippen molar-refractivity contribution in [2.45, 2.75) is 119 Å². The normalized spacial score (nSPS) is 26.1. The van der Waals surface area contributed by atoms with Gasteiger partial charge in [-0.3, -0.25) is 0 Å². The number of carbonyl (C=O) groups is 3. The van der Waals surface area contributed by atoms with Crippen molar-refractivity contribution in [3.63, 3.8) is 0 Å². The fraction of sp³-hybridized carbons (Fsp3) is 0.477. The van der Waals surface area contributed by atoms with E-state index in [9.17, 15) is 18.9 Å². The first-order chi connectivity index (χ1) is 26.9. The first-order valence-electron chi connectivity index (χ1n) is 19.4. The number of rotatable bonds is 11. The number of allylic oxidation sites excluding steroid dienone is 1. The second-order valence-electron chi connectivity index (χ2n) is 17.1. The van der Waals surface area contributed by atoms with Gasteiger partial charge in [-0.15, -0.1) is 16.5 Å². The van der Waals surface area contributed by atoms with Gasteiger partial charge in [0.1, 0.15) is 16.3 Å². The molecule has 13 heteroatoms. The summed E-state index contributed by atoms with van der Waals surface area (Å²) >= 11 is -0.172. The molecule has 57 heavy (non-hydrogen) atoms. The van der Waals surface area contributed by atoms with E-state index in [-0.39, 0.29) is 32.9 Å². The molecule has 1 fully saturated rings. The zero-order valence-electron chi connectivity index (χ0n) is 34.3. The highest BCUT2D eigenvalue weighted by Gasteiger charge is 2.57. The van der Waals surface area contributed by atoms with Crippen LogP contribution in [0.25, 0.3) is 0 Å². The topological polar surface area (TPSA) is 132 Å². The van der Waals surface area contributed by atoms with Gasteiger partial charge < -0.3 is 27.9 Å². The molecule has 2 bridgehead atoms. The Hall–Kier alpha value is -3.43. The van der Waals surface area contributed by atoms with E-state index in [1.165, 1.54) is 11.8 Å². The molecule has 1 unspecified atom stereocenters. The summed E-state index contributed by atoms with van der Waals surface area (Å²) in [5.74, 6) is -2.38. The average molecular weight is 836 g/mol. The maximum absolute atomic E-state index is 14.1. The Kier molecular flexibility index (Phi) is 15.0. The lowest BCUT2D eigenvalue weighted by atomic mass is 9.87. The second kappa shape index (κ2) is 19.1. The summed E-state index contributed by atoms with van der Waals surface area (Å²) in [4.78, 5) is 42.1. The number of hydrogen-bond donors (Lipinski definition) is 1. The van der Waals surface area contributed by atoms with Gasteiger partial charge in [0.25, 0.3) is 0 Å². The molecule has 9 atom stereocenters. The fourth-order valence-electron chi connectivity index (χ4n) is 6.13. The monoisotopic (exact) mass is 835 g/mol. The van der Waals surface area contributed by atoms with Crippen LogP contribution in [0.15, 0.2) is 103 Å². The van der Waals surface area contributed by atoms with Crippen LogP contribution in [0.5, 0.6) is 0 Å². The van der Waals surface area contributed by atoms with Gasteiger partial charge in [0.05, 0.1) is 22.7 Å². The maximum atomic E-state index is 14.1. The molecule has 0 aliphatic carbocycles. The summed E-state index contributed by atoms with van der Waals surface area (Å²) in [7, 11) is -2.19. The number of fused-ring (bicyclic) bond motifs is 2. The third-order valence-electron chi connectivity index (χ3n) is 10.6. The van der Waals surface area contributed by atoms with Crippen molar-refractivity contribution < 1.29 is 42.3 Å². The Balaban J connectivity index is 1.67. The number of benzene rings is 3. The van der Waals surface area contributed by atoms with Crippen molar-refractivity contribution in [1.82, 2.24) is 4.72 Å². The molecule has 2 aliphatic rings. The van der Waals surface area contributed by atoms with Crippen molar-refractivity contribution in [2.75, 3.05) is 6.61 Å². The van der Waals surface area contributed by atoms with Crippen molar-refractivity contribution in [3.8, 4) is 0 Å². The van der Waals surface area contributed by atoms with Crippen LogP contribution in [0.1, 0.15) is 86.0 Å². The maximum Gasteiger partial charge on any atom is 0.338 e. The van der Waals surface area contributed by atoms with Crippen LogP contribution in [0, 0.1) is 5.92 Å². The Labute approximate surface area is 346 Å². The second-order valence-corrected chi connectivity index (χ2v) is 25.3. The van der Waals surface area contributed by atoms with Crippen molar-refractivity contribution in [2.24, 2.45) is 5.92 Å². The number of esters is 3. The highest BCUT2D eigenvalue weighted by atomic mass is 32.2. The molecule has 2 heterocycles. The zero-order valence-corrected chi connectivity index (χ0v) is 37.0. The van der Waals surface area contributed by atoms with E-state index in [1.54, 1.807) is 91.0 Å². The molecule has 1 saturated heterocycles. The highest BCUT2D eigenvalue weighted by molar-refractivity contribution is 8.00. The van der Waals surface area contributed by atoms with Crippen LogP contribution in [0.3, 0.4) is 0 Å². The standard InChI is InChI=1S/C44H57NO9S2Si/c1-29-20-19-27-33(28-50-57(8,9)44(5,6)7)55-42-38(53-41(48)32-25-17-12-18-26-32)37(52-40(47)31-23-15-11-16-24-31)36(51-39(46)30-21-13-10-14-22-30)35(54-42)34(29)45-56(49)43(2,3)4/h10-26,29,33-38,42,45H,27-28H2,1-9H3/t29-,33?,34-,35-,36+,37+,38-,42-,56-/m1/s1. The molecule has 1 N–H and O–H groups in total. The largest absolute Gasteiger partial charge is 0.598 e. The van der Waals surface area contributed by atoms with E-state index in [1.807, 2.05) is 33.8 Å². The molecule has 5 rings (SSSR count). The summed E-state index contributed by atoms with van der Waals surface area (Å²) in [5.41, 5.74) is -0.141. The molecule has 3 aromatic carbocycles. The minimum absolute atomic E-state index is 0.0353. The number of hydrogen-bond acceptors (Lipinski definition) is 11. The predicted octanol–water partition coefficient (Wildman–Crippen LogP) is 8.53. The van der Waals surface area contributed by atoms with Crippen LogP contribution < -0.4 is 4.72 Å². The van der Waals surface area contributed by atoms with Crippen LogP contribution >= 0.6 is 11.8 Å². The van der Waals surface area contributed by atoms with E-state index >= 15 is 0 Å². The van der Waals surface area contributed by atoms with Gasteiger partial charge in [0.15, 0.2) is 26.6 Å². The minimum atomic E-state index is -2.19. The molecular weight excluding hydrogens is 779 g/mol. The smallest absolute Gasteiger partial charge is 0.338 e. The molecule has 0 spiro atoms. The Morgan fingerprint density at radius 3 is 1.68 bits per heavy atom. The summed E-state index contributed by atoms with van der Waals surface area (Å²) in [6, 6.07) is 24.7. The Morgan fingerprint density at radius 2 is 1.23 bits per heavy atom. The third kappa shape index (κ3) is 11.6. The highest BCUT2D eigenvalue weighted by Crippen LogP contribution is 2.42. The van der Waals surface area contributed by atoms with E-state index in [0.717, 1.165) is 0 Å². The molecule has 0 aromatic heterocycles. The van der Waals surface area contributed by atoms with Crippen molar-refractivity contribution in [3.05, 3.63) is 120 Å². The molecule has 0 saturated carbocycles. The van der Waals surface area contributed by atoms with Gasteiger partial charge in [-0.25, -0.2) is 14.4 Å². The molecule has 0 radical (unpaired) electrons. The number of ether oxygens (including phenoxy) is 4. The lowest BCUT2D eigenvalue weighted by Crippen LogP contribution is -2.67. The molecule has 3 aromatic rings. The van der Waals surface area contributed by atoms with Crippen LogP contribution in [0.2, 0.25) is 18.1 Å². The van der Waals surface area contributed by atoms with Gasteiger partial charge in [-0.05, 0) is 87.6 Å². The summed E-state index contributed by atoms with van der Waals surface area (Å²) in [6.07, 6.45) is -0.269. The van der Waals surface area contributed by atoms with Gasteiger partial charge in [0, 0.05) is 23.2 Å². The SMILES string of the molecule is C[C@@H]1C=CCC(CO[Si](C)(C)C(C)(C)C)S[C@H]2O[C@H]([C@@H]1N[S@+]([O-])C(C)(C)C)[C@H](OC(=O)c1ccccc1)[C@H](OC(=O)c1ccccc1)[C@H]2OC(=O)c1ccccc1. The molecule has 2 aliphatic heterocycles. The first-order valence-corrected chi connectivity index (χ1v) is 24.4. The van der Waals surface area contributed by atoms with Crippen LogP contribution in [-0.4, -0.2) is 83.3 Å². The van der Waals surface area contributed by atoms with Gasteiger partial charge in [-0.2, -0.15) is 0 Å². The number of thioether (sulfide) groups is 1. The fourth-order valence-corrected chi connectivity index (χ4v) is 9.56. The Morgan fingerprint density at radius 1 is 0.772 bits per heavy atom. The lowest BCUT2D eigenvalue weighted by molar-refractivity contribution is -0.207. The lowest BCUT2D eigenvalue weighted by Gasteiger charge is -2.48. The summed E-state index contributed by atoms with van der Waals surface area (Å²) < 4.78 is 49.5. The van der Waals surface area contributed by atoms with Crippen LogP contribution in [0.4, 0.5) is 0 Å². The zero-order chi connectivity index (χ0) is 41.5. The van der Waals surface area contributed by atoms with Crippen LogP contribution in [-0.2, 0) is 34.7 Å². The van der Waals surface area contributed by atoms with E-state index in [4.69, 9.17) is 23.4 Å². The Bertz CT molecular complexity index is 1820. The quantitative estimate of drug-likeness (QED) is 0.0656. The van der Waals surface area contributed by atoms with E-state index in [0.29, 0.717) is 13.0 Å². The van der Waals surface area contributed by atoms with Gasteiger partial charge in [0.2, 0.25) is 0 Å². The van der Waals surface area contributed by atoms with Crippen molar-refractivity contribution in [1.29, 1.82) is 0 Å². The van der Waals surface area contributed by atoms with E-state index < -0.39 is 78.2 Å². The van der Waals surface area contributed by atoms with Gasteiger partial charge >= 0.3 is 17.9 Å². The van der Waals surface area contributed by atoms with Crippen molar-refractivity contribution >= 4 is 49.3 Å². The molecule has 0 amide bonds. The molecule has 10 nitrogen and oxygen atoms in total. The number of nitrogens with one attached hydrogen (secondary N) is 1. The van der Waals surface area contributed by atoms with E-state index in [2.05, 4.69) is 44.7 Å². The minimum Gasteiger partial charge on any atom is -0.598 e. The average Bonchev–Trinajstić information content (AvgIpc) is 3.17. The van der Waals surface area contributed by atoms with Gasteiger partial charge in [-0.1, -0.05) is 94.4 Å². The predicted molar refractivity (Wildman–Crippen MR) is 228 cm³/mol. The number of carbonyl (C=O) groups excluding carboxylic acids is 3. The molecule has 308 valence electrons. The third-order valence-corrected chi connectivity index (χ3v) is 18.1. The summed E-state index contributed by atoms with van der Waals surface area (Å²) in [5, 5.41) is -0.208.